The summed E-state index contributed by atoms with van der Waals surface area (Å²) in [5.74, 6) is 6.29. The zero-order chi connectivity index (χ0) is 24.5. The third kappa shape index (κ3) is 6.90. The summed E-state index contributed by atoms with van der Waals surface area (Å²) in [6.45, 7) is 4.18. The van der Waals surface area contributed by atoms with Gasteiger partial charge < -0.3 is 16.2 Å². The van der Waals surface area contributed by atoms with Gasteiger partial charge in [-0.1, -0.05) is 0 Å². The van der Waals surface area contributed by atoms with E-state index in [1.807, 2.05) is 12.4 Å². The molecule has 2 rings (SSSR count). The third-order valence-corrected chi connectivity index (χ3v) is 5.75. The molecule has 1 heterocycles. The first-order chi connectivity index (χ1) is 15.7. The summed E-state index contributed by atoms with van der Waals surface area (Å²) in [5.41, 5.74) is 15.7. The minimum Gasteiger partial charge on any atom is -0.482 e. The van der Waals surface area contributed by atoms with Gasteiger partial charge in [0.1, 0.15) is 16.5 Å². The summed E-state index contributed by atoms with van der Waals surface area (Å²) in [5, 5.41) is 10.7. The van der Waals surface area contributed by atoms with E-state index >= 15 is 0 Å². The van der Waals surface area contributed by atoms with Crippen LogP contribution in [0, 0.1) is 5.82 Å². The van der Waals surface area contributed by atoms with Crippen LogP contribution in [0.2, 0.25) is 0 Å². The van der Waals surface area contributed by atoms with E-state index in [2.05, 4.69) is 41.8 Å². The van der Waals surface area contributed by atoms with Gasteiger partial charge in [-0.3, -0.25) is 15.2 Å². The molecule has 0 aliphatic carbocycles. The molecular weight excluding hydrogens is 561 g/mol. The molecule has 0 saturated heterocycles. The molecule has 0 aliphatic heterocycles. The molecule has 0 fully saturated rings. The standard InChI is InChI=1S/C21H26Br2FN7O2/c1-3-28-20(23)13(9-25)6-16(10-26)31(27)18-5-4-15(24)8-17(18)12(2)33-19-7-14(22)11-29-21(19)30-32/h4-5,7-12,32H,3,6,25-27H2,1-2H3,(H,29,30)/b13-9?,16-10-,28-20?. The topological polar surface area (TPSA) is 148 Å². The highest BCUT2D eigenvalue weighted by molar-refractivity contribution is 9.18. The molecule has 9 nitrogen and oxygen atoms in total. The molecule has 1 atom stereocenters. The van der Waals surface area contributed by atoms with Crippen molar-refractivity contribution in [3.8, 4) is 5.75 Å². The molecule has 0 bridgehead atoms. The Balaban J connectivity index is 2.40. The molecule has 12 heteroatoms. The van der Waals surface area contributed by atoms with E-state index in [0.29, 0.717) is 38.2 Å². The number of ether oxygens (including phenoxy) is 1. The van der Waals surface area contributed by atoms with Crippen molar-refractivity contribution >= 4 is 48.0 Å². The van der Waals surface area contributed by atoms with Crippen molar-refractivity contribution in [2.45, 2.75) is 26.4 Å². The third-order valence-electron chi connectivity index (χ3n) is 4.55. The van der Waals surface area contributed by atoms with Crippen molar-refractivity contribution in [1.29, 1.82) is 0 Å². The number of rotatable bonds is 10. The van der Waals surface area contributed by atoms with E-state index < -0.39 is 11.9 Å². The largest absolute Gasteiger partial charge is 0.482 e. The van der Waals surface area contributed by atoms with Crippen LogP contribution in [0.4, 0.5) is 15.9 Å². The van der Waals surface area contributed by atoms with Crippen molar-refractivity contribution in [1.82, 2.24) is 4.98 Å². The van der Waals surface area contributed by atoms with Crippen LogP contribution in [0.5, 0.6) is 5.75 Å². The first-order valence-electron chi connectivity index (χ1n) is 9.84. The predicted octanol–water partition coefficient (Wildman–Crippen LogP) is 4.45. The van der Waals surface area contributed by atoms with Gasteiger partial charge in [0.15, 0.2) is 11.6 Å². The number of halogens is 3. The van der Waals surface area contributed by atoms with E-state index in [4.69, 9.17) is 22.0 Å². The predicted molar refractivity (Wildman–Crippen MR) is 136 cm³/mol. The van der Waals surface area contributed by atoms with Crippen LogP contribution in [-0.2, 0) is 0 Å². The number of aliphatic imine (C=N–C) groups is 1. The molecule has 0 spiro atoms. The molecule has 2 aromatic rings. The summed E-state index contributed by atoms with van der Waals surface area (Å²) in [6, 6.07) is 5.75. The number of benzene rings is 1. The Hall–Kier alpha value is -2.67. The second kappa shape index (κ2) is 12.5. The van der Waals surface area contributed by atoms with Gasteiger partial charge in [-0.2, -0.15) is 0 Å². The second-order valence-electron chi connectivity index (χ2n) is 6.74. The molecule has 178 valence electrons. The Morgan fingerprint density at radius 3 is 2.70 bits per heavy atom. The van der Waals surface area contributed by atoms with Gasteiger partial charge >= 0.3 is 0 Å². The van der Waals surface area contributed by atoms with E-state index in [9.17, 15) is 9.60 Å². The maximum Gasteiger partial charge on any atom is 0.192 e. The number of aromatic nitrogens is 1. The molecule has 0 amide bonds. The molecule has 1 unspecified atom stereocenters. The maximum atomic E-state index is 14.2. The minimum atomic E-state index is -0.679. The fraction of sp³-hybridized carbons (Fsp3) is 0.238. The van der Waals surface area contributed by atoms with E-state index in [0.717, 1.165) is 0 Å². The van der Waals surface area contributed by atoms with Crippen LogP contribution < -0.4 is 32.5 Å². The highest BCUT2D eigenvalue weighted by Crippen LogP contribution is 2.35. The average molecular weight is 587 g/mol. The van der Waals surface area contributed by atoms with Crippen LogP contribution in [0.1, 0.15) is 31.9 Å². The summed E-state index contributed by atoms with van der Waals surface area (Å²) >= 11 is 6.71. The Morgan fingerprint density at radius 2 is 2.09 bits per heavy atom. The first-order valence-corrected chi connectivity index (χ1v) is 11.4. The summed E-state index contributed by atoms with van der Waals surface area (Å²) < 4.78 is 21.4. The van der Waals surface area contributed by atoms with Gasteiger partial charge in [0.2, 0.25) is 0 Å². The van der Waals surface area contributed by atoms with Gasteiger partial charge in [-0.15, -0.1) is 0 Å². The Morgan fingerprint density at radius 1 is 1.36 bits per heavy atom. The Bertz CT molecular complexity index is 1060. The summed E-state index contributed by atoms with van der Waals surface area (Å²) in [7, 11) is 0. The fourth-order valence-electron chi connectivity index (χ4n) is 2.93. The lowest BCUT2D eigenvalue weighted by Gasteiger charge is -2.27. The monoisotopic (exact) mass is 585 g/mol. The molecule has 33 heavy (non-hydrogen) atoms. The number of nitrogens with two attached hydrogens (primary N) is 3. The lowest BCUT2D eigenvalue weighted by Crippen LogP contribution is -2.33. The molecule has 0 aliphatic rings. The number of nitrogens with zero attached hydrogens (tertiary/aromatic N) is 3. The van der Waals surface area contributed by atoms with Crippen molar-refractivity contribution < 1.29 is 14.3 Å². The van der Waals surface area contributed by atoms with Crippen LogP contribution >= 0.6 is 31.9 Å². The van der Waals surface area contributed by atoms with E-state index in [1.165, 1.54) is 41.8 Å². The molecule has 0 radical (unpaired) electrons. The number of hydrazine groups is 1. The first kappa shape index (κ1) is 26.6. The van der Waals surface area contributed by atoms with E-state index in [1.54, 1.807) is 13.0 Å². The molecule has 0 saturated carbocycles. The van der Waals surface area contributed by atoms with Gasteiger partial charge in [0, 0.05) is 47.2 Å². The van der Waals surface area contributed by atoms with E-state index in [-0.39, 0.29) is 18.0 Å². The van der Waals surface area contributed by atoms with Gasteiger partial charge in [-0.25, -0.2) is 20.7 Å². The number of nitrogens with one attached hydrogen (secondary N) is 1. The lowest BCUT2D eigenvalue weighted by atomic mass is 10.1. The van der Waals surface area contributed by atoms with Crippen molar-refractivity contribution in [2.24, 2.45) is 22.3 Å². The van der Waals surface area contributed by atoms with Crippen molar-refractivity contribution in [3.63, 3.8) is 0 Å². The van der Waals surface area contributed by atoms with Crippen molar-refractivity contribution in [2.75, 3.05) is 17.0 Å². The van der Waals surface area contributed by atoms with Gasteiger partial charge in [0.05, 0.1) is 11.4 Å². The van der Waals surface area contributed by atoms with Crippen LogP contribution in [0.25, 0.3) is 0 Å². The van der Waals surface area contributed by atoms with Gasteiger partial charge in [-0.05, 0) is 70.0 Å². The highest BCUT2D eigenvalue weighted by Gasteiger charge is 2.21. The summed E-state index contributed by atoms with van der Waals surface area (Å²) in [6.07, 6.45) is 3.85. The molecule has 8 N–H and O–H groups in total. The molecular formula is C21H26Br2FN7O2. The zero-order valence-electron chi connectivity index (χ0n) is 18.1. The van der Waals surface area contributed by atoms with Crippen molar-refractivity contribution in [3.05, 3.63) is 70.0 Å². The smallest absolute Gasteiger partial charge is 0.192 e. The Kier molecular flexibility index (Phi) is 10.1. The number of allylic oxidation sites excluding steroid dienone is 1. The second-order valence-corrected chi connectivity index (χ2v) is 8.40. The number of hydrogen-bond donors (Lipinski definition) is 5. The number of hydrogen-bond acceptors (Lipinski definition) is 9. The minimum absolute atomic E-state index is 0.105. The quantitative estimate of drug-likeness (QED) is 0.156. The number of anilines is 2. The maximum absolute atomic E-state index is 14.2. The SMILES string of the molecule is CCN=C(Br)C(=CN)C/C(=C/N)N(N)c1ccc(F)cc1C(C)Oc1cc(Br)cnc1NO. The lowest BCUT2D eigenvalue weighted by molar-refractivity contribution is 0.224. The highest BCUT2D eigenvalue weighted by atomic mass is 79.9. The molecule has 1 aromatic carbocycles. The Labute approximate surface area is 208 Å². The van der Waals surface area contributed by atoms with Crippen LogP contribution in [0.15, 0.2) is 63.6 Å². The molecule has 1 aromatic heterocycles. The summed E-state index contributed by atoms with van der Waals surface area (Å²) in [4.78, 5) is 8.33. The average Bonchev–Trinajstić information content (AvgIpc) is 2.79. The normalized spacial score (nSPS) is 13.6. The van der Waals surface area contributed by atoms with Crippen LogP contribution in [-0.4, -0.2) is 21.4 Å². The fourth-order valence-corrected chi connectivity index (χ4v) is 3.77. The zero-order valence-corrected chi connectivity index (χ0v) is 21.3. The van der Waals surface area contributed by atoms with Crippen LogP contribution in [0.3, 0.4) is 0 Å². The van der Waals surface area contributed by atoms with Gasteiger partial charge in [0.25, 0.3) is 0 Å². The number of pyridine rings is 1.